The first-order valence-electron chi connectivity index (χ1n) is 5.39. The lowest BCUT2D eigenvalue weighted by molar-refractivity contribution is 0.584. The summed E-state index contributed by atoms with van der Waals surface area (Å²) in [6.45, 7) is 1.84. The van der Waals surface area contributed by atoms with E-state index in [-0.39, 0.29) is 6.04 Å². The van der Waals surface area contributed by atoms with Crippen LogP contribution in [-0.4, -0.2) is 0 Å². The highest BCUT2D eigenvalue weighted by molar-refractivity contribution is 5.68. The van der Waals surface area contributed by atoms with E-state index in [9.17, 15) is 8.78 Å². The summed E-state index contributed by atoms with van der Waals surface area (Å²) in [7, 11) is 0. The highest BCUT2D eigenvalue weighted by Gasteiger charge is 2.10. The van der Waals surface area contributed by atoms with E-state index in [1.54, 1.807) is 0 Å². The Bertz CT molecular complexity index is 515. The number of halogens is 2. The molecule has 88 valence electrons. The third-order valence-electron chi connectivity index (χ3n) is 2.62. The average Bonchev–Trinajstić information content (AvgIpc) is 2.27. The fourth-order valence-electron chi connectivity index (χ4n) is 1.87. The zero-order valence-electron chi connectivity index (χ0n) is 9.45. The van der Waals surface area contributed by atoms with Crippen molar-refractivity contribution in [1.82, 2.24) is 0 Å². The van der Waals surface area contributed by atoms with Crippen LogP contribution in [0.2, 0.25) is 0 Å². The molecule has 0 aliphatic rings. The number of hydrogen-bond acceptors (Lipinski definition) is 1. The second kappa shape index (κ2) is 4.63. The van der Waals surface area contributed by atoms with Gasteiger partial charge in [0.05, 0.1) is 0 Å². The van der Waals surface area contributed by atoms with Crippen molar-refractivity contribution in [2.45, 2.75) is 13.0 Å². The van der Waals surface area contributed by atoms with E-state index in [1.807, 2.05) is 31.2 Å². The Kier molecular flexibility index (Phi) is 3.20. The normalized spacial score (nSPS) is 12.5. The van der Waals surface area contributed by atoms with E-state index in [4.69, 9.17) is 5.73 Å². The number of hydrogen-bond donors (Lipinski definition) is 1. The van der Waals surface area contributed by atoms with E-state index in [2.05, 4.69) is 0 Å². The molecule has 0 heterocycles. The van der Waals surface area contributed by atoms with Gasteiger partial charge in [-0.2, -0.15) is 0 Å². The maximum atomic E-state index is 13.2. The highest BCUT2D eigenvalue weighted by atomic mass is 19.1. The molecule has 2 N–H and O–H groups in total. The first kappa shape index (κ1) is 11.7. The maximum Gasteiger partial charge on any atom is 0.126 e. The lowest BCUT2D eigenvalue weighted by atomic mass is 9.96. The monoisotopic (exact) mass is 233 g/mol. The van der Waals surface area contributed by atoms with Gasteiger partial charge in [0, 0.05) is 12.1 Å². The maximum absolute atomic E-state index is 13.2. The number of rotatable bonds is 2. The quantitative estimate of drug-likeness (QED) is 0.841. The SMILES string of the molecule is CC(N)c1ccccc1-c1cc(F)cc(F)c1. The molecule has 17 heavy (non-hydrogen) atoms. The van der Waals surface area contributed by atoms with Crippen molar-refractivity contribution in [3.63, 3.8) is 0 Å². The molecule has 1 nitrogen and oxygen atoms in total. The first-order valence-corrected chi connectivity index (χ1v) is 5.39. The Labute approximate surface area is 98.9 Å². The highest BCUT2D eigenvalue weighted by Crippen LogP contribution is 2.28. The molecular weight excluding hydrogens is 220 g/mol. The van der Waals surface area contributed by atoms with E-state index >= 15 is 0 Å². The summed E-state index contributed by atoms with van der Waals surface area (Å²) in [6, 6.07) is 10.7. The molecule has 0 radical (unpaired) electrons. The molecule has 2 aromatic rings. The zero-order valence-corrected chi connectivity index (χ0v) is 9.45. The topological polar surface area (TPSA) is 26.0 Å². The summed E-state index contributed by atoms with van der Waals surface area (Å²) in [5, 5.41) is 0. The van der Waals surface area contributed by atoms with Crippen LogP contribution >= 0.6 is 0 Å². The molecule has 1 unspecified atom stereocenters. The third-order valence-corrected chi connectivity index (χ3v) is 2.62. The standard InChI is InChI=1S/C14H13F2N/c1-9(17)13-4-2-3-5-14(13)10-6-11(15)8-12(16)7-10/h2-9H,17H2,1H3. The molecule has 2 rings (SSSR count). The van der Waals surface area contributed by atoms with Gasteiger partial charge in [0.1, 0.15) is 11.6 Å². The van der Waals surface area contributed by atoms with Crippen molar-refractivity contribution in [2.24, 2.45) is 5.73 Å². The Morgan fingerprint density at radius 1 is 1.00 bits per heavy atom. The summed E-state index contributed by atoms with van der Waals surface area (Å²) in [5.41, 5.74) is 7.99. The van der Waals surface area contributed by atoms with Gasteiger partial charge in [-0.1, -0.05) is 24.3 Å². The van der Waals surface area contributed by atoms with Crippen molar-refractivity contribution in [3.8, 4) is 11.1 Å². The van der Waals surface area contributed by atoms with Crippen LogP contribution in [0.3, 0.4) is 0 Å². The molecule has 0 amide bonds. The summed E-state index contributed by atoms with van der Waals surface area (Å²) in [6.07, 6.45) is 0. The van der Waals surface area contributed by atoms with Gasteiger partial charge in [-0.25, -0.2) is 8.78 Å². The van der Waals surface area contributed by atoms with Gasteiger partial charge < -0.3 is 5.73 Å². The van der Waals surface area contributed by atoms with Crippen LogP contribution in [-0.2, 0) is 0 Å². The minimum Gasteiger partial charge on any atom is -0.324 e. The second-order valence-electron chi connectivity index (χ2n) is 4.03. The van der Waals surface area contributed by atoms with E-state index in [0.717, 1.165) is 17.2 Å². The Morgan fingerprint density at radius 2 is 1.59 bits per heavy atom. The largest absolute Gasteiger partial charge is 0.324 e. The second-order valence-corrected chi connectivity index (χ2v) is 4.03. The fraction of sp³-hybridized carbons (Fsp3) is 0.143. The zero-order chi connectivity index (χ0) is 12.4. The average molecular weight is 233 g/mol. The van der Waals surface area contributed by atoms with Crippen LogP contribution in [0.5, 0.6) is 0 Å². The predicted molar refractivity (Wildman–Crippen MR) is 64.4 cm³/mol. The third kappa shape index (κ3) is 2.50. The molecule has 0 aromatic heterocycles. The minimum atomic E-state index is -0.584. The summed E-state index contributed by atoms with van der Waals surface area (Å²) in [4.78, 5) is 0. The molecule has 1 atom stereocenters. The fourth-order valence-corrected chi connectivity index (χ4v) is 1.87. The van der Waals surface area contributed by atoms with Crippen LogP contribution in [0.15, 0.2) is 42.5 Å². The van der Waals surface area contributed by atoms with Crippen LogP contribution in [0.4, 0.5) is 8.78 Å². The van der Waals surface area contributed by atoms with Gasteiger partial charge >= 0.3 is 0 Å². The Hall–Kier alpha value is -1.74. The molecule has 3 heteroatoms. The van der Waals surface area contributed by atoms with Crippen LogP contribution in [0.25, 0.3) is 11.1 Å². The summed E-state index contributed by atoms with van der Waals surface area (Å²) < 4.78 is 26.4. The van der Waals surface area contributed by atoms with Gasteiger partial charge in [0.15, 0.2) is 0 Å². The van der Waals surface area contributed by atoms with Gasteiger partial charge in [0.2, 0.25) is 0 Å². The molecule has 0 fully saturated rings. The first-order chi connectivity index (χ1) is 8.08. The van der Waals surface area contributed by atoms with E-state index in [0.29, 0.717) is 5.56 Å². The smallest absolute Gasteiger partial charge is 0.126 e. The van der Waals surface area contributed by atoms with E-state index < -0.39 is 11.6 Å². The molecule has 0 saturated carbocycles. The lowest BCUT2D eigenvalue weighted by Gasteiger charge is -2.12. The molecule has 0 bridgehead atoms. The summed E-state index contributed by atoms with van der Waals surface area (Å²) >= 11 is 0. The van der Waals surface area contributed by atoms with E-state index in [1.165, 1.54) is 12.1 Å². The van der Waals surface area contributed by atoms with Crippen molar-refractivity contribution in [1.29, 1.82) is 0 Å². The predicted octanol–water partition coefficient (Wildman–Crippen LogP) is 3.65. The van der Waals surface area contributed by atoms with Gasteiger partial charge in [-0.15, -0.1) is 0 Å². The molecule has 0 spiro atoms. The Morgan fingerprint density at radius 3 is 2.18 bits per heavy atom. The lowest BCUT2D eigenvalue weighted by Crippen LogP contribution is -2.06. The molecular formula is C14H13F2N. The number of nitrogens with two attached hydrogens (primary N) is 1. The molecule has 0 aliphatic carbocycles. The van der Waals surface area contributed by atoms with Crippen LogP contribution < -0.4 is 5.73 Å². The number of benzene rings is 2. The molecule has 0 aliphatic heterocycles. The van der Waals surface area contributed by atoms with Crippen molar-refractivity contribution >= 4 is 0 Å². The van der Waals surface area contributed by atoms with Crippen LogP contribution in [0.1, 0.15) is 18.5 Å². The Balaban J connectivity index is 2.60. The van der Waals surface area contributed by atoms with Gasteiger partial charge in [-0.05, 0) is 35.7 Å². The van der Waals surface area contributed by atoms with Crippen molar-refractivity contribution < 1.29 is 8.78 Å². The van der Waals surface area contributed by atoms with Crippen molar-refractivity contribution in [3.05, 3.63) is 59.7 Å². The minimum absolute atomic E-state index is 0.183. The van der Waals surface area contributed by atoms with Gasteiger partial charge in [-0.3, -0.25) is 0 Å². The van der Waals surface area contributed by atoms with Crippen molar-refractivity contribution in [2.75, 3.05) is 0 Å². The van der Waals surface area contributed by atoms with Crippen LogP contribution in [0, 0.1) is 11.6 Å². The van der Waals surface area contributed by atoms with Gasteiger partial charge in [0.25, 0.3) is 0 Å². The summed E-state index contributed by atoms with van der Waals surface area (Å²) in [5.74, 6) is -1.17. The molecule has 0 saturated heterocycles. The molecule has 2 aromatic carbocycles.